The van der Waals surface area contributed by atoms with Crippen molar-refractivity contribution in [1.29, 1.82) is 5.26 Å². The number of pyridine rings is 1. The molecular weight excluding hydrogens is 236 g/mol. The van der Waals surface area contributed by atoms with Gasteiger partial charge in [0.05, 0.1) is 11.6 Å². The second kappa shape index (κ2) is 4.83. The molecule has 0 fully saturated rings. The normalized spacial score (nSPS) is 10.3. The largest absolute Gasteiger partial charge is 0.367 e. The van der Waals surface area contributed by atoms with E-state index in [1.165, 1.54) is 0 Å². The smallest absolute Gasteiger partial charge is 0.138 e. The molecule has 0 spiro atoms. The number of benzene rings is 1. The molecule has 2 heterocycles. The second-order valence-corrected chi connectivity index (χ2v) is 4.23. The Hall–Kier alpha value is -2.80. The Kier molecular flexibility index (Phi) is 2.87. The van der Waals surface area contributed by atoms with Crippen molar-refractivity contribution < 1.29 is 0 Å². The van der Waals surface area contributed by atoms with Crippen LogP contribution in [-0.2, 0) is 6.54 Å². The van der Waals surface area contributed by atoms with E-state index in [0.717, 1.165) is 17.0 Å². The van der Waals surface area contributed by atoms with Crippen LogP contribution in [0.4, 0.5) is 5.82 Å². The van der Waals surface area contributed by atoms with Crippen molar-refractivity contribution in [3.8, 4) is 6.07 Å². The minimum atomic E-state index is 0.673. The fourth-order valence-corrected chi connectivity index (χ4v) is 2.04. The summed E-state index contributed by atoms with van der Waals surface area (Å²) in [4.78, 5) is 4.24. The molecule has 0 aliphatic carbocycles. The fourth-order valence-electron chi connectivity index (χ4n) is 2.04. The maximum Gasteiger partial charge on any atom is 0.138 e. The van der Waals surface area contributed by atoms with Crippen LogP contribution in [0.2, 0.25) is 0 Å². The molecule has 0 unspecified atom stereocenters. The number of hydrogen-bond donors (Lipinski definition) is 1. The molecule has 0 bridgehead atoms. The Balaban J connectivity index is 1.82. The molecule has 2 aromatic heterocycles. The van der Waals surface area contributed by atoms with Crippen molar-refractivity contribution in [2.75, 3.05) is 5.32 Å². The summed E-state index contributed by atoms with van der Waals surface area (Å²) in [6.45, 7) is 0.673. The van der Waals surface area contributed by atoms with Crippen LogP contribution in [0, 0.1) is 11.3 Å². The molecule has 1 aromatic carbocycles. The zero-order chi connectivity index (χ0) is 13.1. The first-order valence-electron chi connectivity index (χ1n) is 6.02. The summed E-state index contributed by atoms with van der Waals surface area (Å²) in [5.74, 6) is 0.984. The van der Waals surface area contributed by atoms with Gasteiger partial charge < -0.3 is 5.32 Å². The molecule has 0 saturated carbocycles. The third kappa shape index (κ3) is 2.26. The van der Waals surface area contributed by atoms with Gasteiger partial charge in [0.2, 0.25) is 0 Å². The Morgan fingerprint density at radius 2 is 2.11 bits per heavy atom. The zero-order valence-electron chi connectivity index (χ0n) is 10.2. The number of nitrogens with one attached hydrogen (secondary N) is 1. The predicted molar refractivity (Wildman–Crippen MR) is 73.7 cm³/mol. The van der Waals surface area contributed by atoms with Gasteiger partial charge in [0.15, 0.2) is 0 Å². The van der Waals surface area contributed by atoms with Crippen LogP contribution in [0.3, 0.4) is 0 Å². The lowest BCUT2D eigenvalue weighted by Gasteiger charge is -2.09. The Morgan fingerprint density at radius 3 is 3.00 bits per heavy atom. The van der Waals surface area contributed by atoms with Crippen LogP contribution in [0.15, 0.2) is 54.9 Å². The molecule has 92 valence electrons. The number of aromatic nitrogens is 2. The fraction of sp³-hybridized carbons (Fsp3) is 0.0667. The molecule has 1 N–H and O–H groups in total. The Bertz CT molecular complexity index is 752. The summed E-state index contributed by atoms with van der Waals surface area (Å²) < 4.78 is 1.99. The standard InChI is InChI=1S/C15H12N4/c16-10-12-3-1-4-13(9-12)11-18-15-6-2-5-14-17-7-8-19(14)15/h1-9,18H,11H2. The molecule has 0 radical (unpaired) electrons. The molecule has 0 aliphatic rings. The highest BCUT2D eigenvalue weighted by Gasteiger charge is 2.00. The topological polar surface area (TPSA) is 53.1 Å². The average molecular weight is 248 g/mol. The van der Waals surface area contributed by atoms with Gasteiger partial charge in [-0.2, -0.15) is 5.26 Å². The molecule has 19 heavy (non-hydrogen) atoms. The maximum atomic E-state index is 8.88. The van der Waals surface area contributed by atoms with Crippen LogP contribution in [0.1, 0.15) is 11.1 Å². The lowest BCUT2D eigenvalue weighted by Crippen LogP contribution is -2.03. The average Bonchev–Trinajstić information content (AvgIpc) is 2.94. The number of nitriles is 1. The minimum Gasteiger partial charge on any atom is -0.367 e. The van der Waals surface area contributed by atoms with Gasteiger partial charge in [0.25, 0.3) is 0 Å². The molecule has 4 heteroatoms. The van der Waals surface area contributed by atoms with Crippen molar-refractivity contribution in [3.05, 3.63) is 66.0 Å². The van der Waals surface area contributed by atoms with Gasteiger partial charge in [-0.15, -0.1) is 0 Å². The lowest BCUT2D eigenvalue weighted by atomic mass is 10.1. The summed E-state index contributed by atoms with van der Waals surface area (Å²) >= 11 is 0. The van der Waals surface area contributed by atoms with Gasteiger partial charge in [0.1, 0.15) is 11.5 Å². The monoisotopic (exact) mass is 248 g/mol. The number of rotatable bonds is 3. The minimum absolute atomic E-state index is 0.673. The highest BCUT2D eigenvalue weighted by Crippen LogP contribution is 2.13. The predicted octanol–water partition coefficient (Wildman–Crippen LogP) is 2.82. The third-order valence-corrected chi connectivity index (χ3v) is 2.96. The SMILES string of the molecule is N#Cc1cccc(CNc2cccc3nccn23)c1. The van der Waals surface area contributed by atoms with E-state index in [9.17, 15) is 0 Å². The number of hydrogen-bond acceptors (Lipinski definition) is 3. The Morgan fingerprint density at radius 1 is 1.21 bits per heavy atom. The van der Waals surface area contributed by atoms with Crippen molar-refractivity contribution >= 4 is 11.5 Å². The van der Waals surface area contributed by atoms with E-state index in [-0.39, 0.29) is 0 Å². The number of anilines is 1. The number of nitrogens with zero attached hydrogens (tertiary/aromatic N) is 3. The highest BCUT2D eigenvalue weighted by atomic mass is 15.1. The van der Waals surface area contributed by atoms with E-state index in [2.05, 4.69) is 16.4 Å². The summed E-state index contributed by atoms with van der Waals surface area (Å²) in [5, 5.41) is 12.2. The van der Waals surface area contributed by atoms with Gasteiger partial charge in [-0.1, -0.05) is 18.2 Å². The third-order valence-electron chi connectivity index (χ3n) is 2.96. The van der Waals surface area contributed by atoms with E-state index in [1.54, 1.807) is 12.3 Å². The first kappa shape index (κ1) is 11.3. The summed E-state index contributed by atoms with van der Waals surface area (Å²) in [5.41, 5.74) is 2.67. The van der Waals surface area contributed by atoms with Crippen LogP contribution < -0.4 is 5.32 Å². The van der Waals surface area contributed by atoms with Crippen molar-refractivity contribution in [3.63, 3.8) is 0 Å². The first-order valence-corrected chi connectivity index (χ1v) is 6.02. The molecule has 0 amide bonds. The van der Waals surface area contributed by atoms with Gasteiger partial charge in [0, 0.05) is 18.9 Å². The second-order valence-electron chi connectivity index (χ2n) is 4.23. The van der Waals surface area contributed by atoms with E-state index >= 15 is 0 Å². The van der Waals surface area contributed by atoms with Crippen LogP contribution >= 0.6 is 0 Å². The first-order chi connectivity index (χ1) is 9.36. The highest BCUT2D eigenvalue weighted by molar-refractivity contribution is 5.50. The van der Waals surface area contributed by atoms with E-state index in [1.807, 2.05) is 47.0 Å². The van der Waals surface area contributed by atoms with Crippen LogP contribution in [0.25, 0.3) is 5.65 Å². The molecule has 0 aliphatic heterocycles. The van der Waals surface area contributed by atoms with E-state index in [0.29, 0.717) is 12.1 Å². The maximum absolute atomic E-state index is 8.88. The van der Waals surface area contributed by atoms with Gasteiger partial charge in [-0.25, -0.2) is 4.98 Å². The molecule has 0 saturated heterocycles. The van der Waals surface area contributed by atoms with E-state index < -0.39 is 0 Å². The molecule has 0 atom stereocenters. The van der Waals surface area contributed by atoms with Crippen LogP contribution in [0.5, 0.6) is 0 Å². The van der Waals surface area contributed by atoms with Crippen molar-refractivity contribution in [2.24, 2.45) is 0 Å². The number of imidazole rings is 1. The van der Waals surface area contributed by atoms with Gasteiger partial charge >= 0.3 is 0 Å². The van der Waals surface area contributed by atoms with Crippen LogP contribution in [-0.4, -0.2) is 9.38 Å². The quantitative estimate of drug-likeness (QED) is 0.775. The van der Waals surface area contributed by atoms with Crippen molar-refractivity contribution in [2.45, 2.75) is 6.54 Å². The van der Waals surface area contributed by atoms with Gasteiger partial charge in [-0.3, -0.25) is 4.40 Å². The molecular formula is C15H12N4. The van der Waals surface area contributed by atoms with Gasteiger partial charge in [-0.05, 0) is 29.8 Å². The molecule has 3 aromatic rings. The van der Waals surface area contributed by atoms with E-state index in [4.69, 9.17) is 5.26 Å². The van der Waals surface area contributed by atoms with Crippen molar-refractivity contribution in [1.82, 2.24) is 9.38 Å². The molecule has 4 nitrogen and oxygen atoms in total. The zero-order valence-corrected chi connectivity index (χ0v) is 10.2. The summed E-state index contributed by atoms with van der Waals surface area (Å²) in [7, 11) is 0. The summed E-state index contributed by atoms with van der Waals surface area (Å²) in [6, 6.07) is 15.7. The number of fused-ring (bicyclic) bond motifs is 1. The summed E-state index contributed by atoms with van der Waals surface area (Å²) in [6.07, 6.45) is 3.69. The lowest BCUT2D eigenvalue weighted by molar-refractivity contribution is 1.07. The Labute approximate surface area is 110 Å². The molecule has 3 rings (SSSR count).